The second-order valence-corrected chi connectivity index (χ2v) is 15.6. The van der Waals surface area contributed by atoms with Crippen LogP contribution in [0, 0.1) is 0 Å². The lowest BCUT2D eigenvalue weighted by atomic mass is 10.0. The molecule has 1 aliphatic rings. The van der Waals surface area contributed by atoms with Gasteiger partial charge in [-0.2, -0.15) is 0 Å². The smallest absolute Gasteiger partial charge is 0.119 e. The summed E-state index contributed by atoms with van der Waals surface area (Å²) in [4.78, 5) is 2.49. The highest BCUT2D eigenvalue weighted by Crippen LogP contribution is 2.41. The van der Waals surface area contributed by atoms with E-state index in [2.05, 4.69) is 220 Å². The second kappa shape index (κ2) is 13.5. The van der Waals surface area contributed by atoms with Crippen LogP contribution in [0.25, 0.3) is 75.7 Å². The average molecular weight is 736 g/mol. The van der Waals surface area contributed by atoms with Crippen molar-refractivity contribution >= 4 is 64.8 Å². The first-order valence-corrected chi connectivity index (χ1v) is 20.1. The van der Waals surface area contributed by atoms with E-state index in [1.807, 2.05) is 11.3 Å². The van der Waals surface area contributed by atoms with Crippen LogP contribution in [0.2, 0.25) is 0 Å². The fraction of sp³-hybridized carbons (Fsp3) is 0.0385. The number of para-hydroxylation sites is 2. The molecular weight excluding hydrogens is 699 g/mol. The summed E-state index contributed by atoms with van der Waals surface area (Å²) in [6, 6.07) is 66.9. The predicted octanol–water partition coefficient (Wildman–Crippen LogP) is 14.3. The Morgan fingerprint density at radius 2 is 1.14 bits per heavy atom. The molecule has 4 heteroatoms. The van der Waals surface area contributed by atoms with Gasteiger partial charge in [0, 0.05) is 48.0 Å². The summed E-state index contributed by atoms with van der Waals surface area (Å²) >= 11 is 1.86. The maximum Gasteiger partial charge on any atom is 0.119 e. The number of hydrogen-bond donors (Lipinski definition) is 0. The molecule has 266 valence electrons. The molecule has 0 saturated heterocycles. The molecule has 0 bridgehead atoms. The van der Waals surface area contributed by atoms with E-state index in [4.69, 9.17) is 0 Å². The lowest BCUT2D eigenvalue weighted by Crippen LogP contribution is -2.31. The van der Waals surface area contributed by atoms with E-state index in [1.54, 1.807) is 0 Å². The number of thiophene rings is 1. The summed E-state index contributed by atoms with van der Waals surface area (Å²) < 4.78 is 7.52. The third kappa shape index (κ3) is 5.49. The van der Waals surface area contributed by atoms with E-state index in [-0.39, 0.29) is 6.04 Å². The Bertz CT molecular complexity index is 3110. The summed E-state index contributed by atoms with van der Waals surface area (Å²) in [6.45, 7) is 0. The van der Waals surface area contributed by atoms with Crippen LogP contribution in [-0.2, 0) is 0 Å². The van der Waals surface area contributed by atoms with Crippen LogP contribution in [0.4, 0.5) is 11.5 Å². The molecule has 1 unspecified atom stereocenters. The molecule has 3 aromatic heterocycles. The third-order valence-electron chi connectivity index (χ3n) is 11.2. The highest BCUT2D eigenvalue weighted by molar-refractivity contribution is 7.25. The van der Waals surface area contributed by atoms with Crippen LogP contribution in [0.5, 0.6) is 0 Å². The van der Waals surface area contributed by atoms with Crippen LogP contribution < -0.4 is 4.90 Å². The Hall–Kier alpha value is -6.88. The fourth-order valence-electron chi connectivity index (χ4n) is 8.57. The molecule has 0 aliphatic heterocycles. The Balaban J connectivity index is 1.11. The van der Waals surface area contributed by atoms with Crippen molar-refractivity contribution in [3.05, 3.63) is 206 Å². The van der Waals surface area contributed by atoms with Gasteiger partial charge in [0.15, 0.2) is 0 Å². The molecule has 3 heterocycles. The number of fused-ring (bicyclic) bond motifs is 5. The van der Waals surface area contributed by atoms with Gasteiger partial charge in [0.1, 0.15) is 5.82 Å². The van der Waals surface area contributed by atoms with Gasteiger partial charge in [0.05, 0.1) is 22.8 Å². The van der Waals surface area contributed by atoms with Crippen molar-refractivity contribution in [1.29, 1.82) is 0 Å². The van der Waals surface area contributed by atoms with Crippen LogP contribution in [-0.4, -0.2) is 15.2 Å². The lowest BCUT2D eigenvalue weighted by molar-refractivity contribution is 0.768. The SMILES string of the molecule is C1=CCC(N(c2ccccc2)c2cc3ccc(-c4ccc5cc(-c6ccccc6)n(-c6ccc7sc8ccccc8c7c6)c5c4)cc3n2-c2ccccc2)C=C1. The van der Waals surface area contributed by atoms with E-state index in [9.17, 15) is 0 Å². The molecular formula is C52H37N3S. The van der Waals surface area contributed by atoms with Gasteiger partial charge in [-0.3, -0.25) is 4.57 Å². The Labute approximate surface area is 329 Å². The molecule has 1 aliphatic carbocycles. The number of hydrogen-bond acceptors (Lipinski definition) is 2. The number of rotatable bonds is 7. The average Bonchev–Trinajstić information content (AvgIpc) is 3.96. The van der Waals surface area contributed by atoms with Crippen LogP contribution in [0.3, 0.4) is 0 Å². The zero-order valence-corrected chi connectivity index (χ0v) is 31.5. The summed E-state index contributed by atoms with van der Waals surface area (Å²) in [5, 5.41) is 5.03. The van der Waals surface area contributed by atoms with Gasteiger partial charge in [0.2, 0.25) is 0 Å². The second-order valence-electron chi connectivity index (χ2n) is 14.6. The van der Waals surface area contributed by atoms with Crippen molar-refractivity contribution in [2.45, 2.75) is 12.5 Å². The predicted molar refractivity (Wildman–Crippen MR) is 239 cm³/mol. The third-order valence-corrected chi connectivity index (χ3v) is 12.3. The maximum absolute atomic E-state index is 2.49. The molecule has 0 radical (unpaired) electrons. The molecule has 1 atom stereocenters. The highest BCUT2D eigenvalue weighted by Gasteiger charge is 2.25. The minimum absolute atomic E-state index is 0.189. The van der Waals surface area contributed by atoms with Crippen molar-refractivity contribution in [2.75, 3.05) is 4.90 Å². The quantitative estimate of drug-likeness (QED) is 0.159. The van der Waals surface area contributed by atoms with E-state index in [0.29, 0.717) is 0 Å². The highest BCUT2D eigenvalue weighted by atomic mass is 32.1. The molecule has 0 spiro atoms. The molecule has 10 aromatic rings. The first-order chi connectivity index (χ1) is 27.8. The lowest BCUT2D eigenvalue weighted by Gasteiger charge is -2.33. The topological polar surface area (TPSA) is 13.1 Å². The van der Waals surface area contributed by atoms with Crippen molar-refractivity contribution in [3.63, 3.8) is 0 Å². The van der Waals surface area contributed by atoms with Crippen LogP contribution in [0.15, 0.2) is 206 Å². The Morgan fingerprint density at radius 1 is 0.482 bits per heavy atom. The zero-order valence-electron chi connectivity index (χ0n) is 30.7. The van der Waals surface area contributed by atoms with Crippen molar-refractivity contribution in [3.8, 4) is 33.8 Å². The minimum Gasteiger partial charge on any atom is -0.320 e. The Kier molecular flexibility index (Phi) is 7.82. The normalized spacial score (nSPS) is 14.0. The van der Waals surface area contributed by atoms with Gasteiger partial charge in [-0.15, -0.1) is 11.3 Å². The zero-order chi connectivity index (χ0) is 37.0. The number of anilines is 2. The standard InChI is InChI=1S/C52H37N3S/c1-5-15-36(16-6-1)47-33-39-27-25-37(31-48(39)54(47)44-29-30-51-46(35-44)45-23-13-14-24-50(45)56-51)38-26-28-40-34-52(55(49(40)32-38)43-21-11-4-12-22-43)53(41-17-7-2-8-18-41)42-19-9-3-10-20-42/h1-19,21-35,42H,20H2. The van der Waals surface area contributed by atoms with E-state index in [0.717, 1.165) is 23.6 Å². The van der Waals surface area contributed by atoms with E-state index >= 15 is 0 Å². The van der Waals surface area contributed by atoms with Crippen molar-refractivity contribution in [1.82, 2.24) is 9.13 Å². The van der Waals surface area contributed by atoms with E-state index in [1.165, 1.54) is 70.0 Å². The number of nitrogens with zero attached hydrogens (tertiary/aromatic N) is 3. The van der Waals surface area contributed by atoms with E-state index < -0.39 is 0 Å². The van der Waals surface area contributed by atoms with Gasteiger partial charge >= 0.3 is 0 Å². The molecule has 0 saturated carbocycles. The number of aromatic nitrogens is 2. The van der Waals surface area contributed by atoms with Crippen molar-refractivity contribution in [2.24, 2.45) is 0 Å². The summed E-state index contributed by atoms with van der Waals surface area (Å²) in [7, 11) is 0. The fourth-order valence-corrected chi connectivity index (χ4v) is 9.65. The molecule has 0 N–H and O–H groups in total. The monoisotopic (exact) mass is 735 g/mol. The van der Waals surface area contributed by atoms with Gasteiger partial charge in [0.25, 0.3) is 0 Å². The largest absolute Gasteiger partial charge is 0.320 e. The first kappa shape index (κ1) is 32.5. The molecule has 56 heavy (non-hydrogen) atoms. The molecule has 0 fully saturated rings. The van der Waals surface area contributed by atoms with Gasteiger partial charge in [-0.1, -0.05) is 133 Å². The first-order valence-electron chi connectivity index (χ1n) is 19.3. The maximum atomic E-state index is 2.49. The summed E-state index contributed by atoms with van der Waals surface area (Å²) in [6.07, 6.45) is 9.85. The molecule has 3 nitrogen and oxygen atoms in total. The summed E-state index contributed by atoms with van der Waals surface area (Å²) in [5.41, 5.74) is 10.6. The molecule has 11 rings (SSSR count). The van der Waals surface area contributed by atoms with Gasteiger partial charge in [-0.25, -0.2) is 0 Å². The number of benzene rings is 7. The number of allylic oxidation sites excluding steroid dienone is 2. The molecule has 7 aromatic carbocycles. The van der Waals surface area contributed by atoms with Gasteiger partial charge < -0.3 is 9.47 Å². The minimum atomic E-state index is 0.189. The van der Waals surface area contributed by atoms with Crippen molar-refractivity contribution < 1.29 is 0 Å². The Morgan fingerprint density at radius 3 is 1.89 bits per heavy atom. The molecule has 0 amide bonds. The van der Waals surface area contributed by atoms with Crippen LogP contribution in [0.1, 0.15) is 6.42 Å². The van der Waals surface area contributed by atoms with Gasteiger partial charge in [-0.05, 0) is 95.9 Å². The van der Waals surface area contributed by atoms with Crippen LogP contribution >= 0.6 is 11.3 Å². The summed E-state index contributed by atoms with van der Waals surface area (Å²) in [5.74, 6) is 1.15.